The third kappa shape index (κ3) is 5.53. The molecule has 0 aliphatic rings. The Labute approximate surface area is 171 Å². The van der Waals surface area contributed by atoms with Crippen LogP contribution in [-0.4, -0.2) is 39.6 Å². The molecule has 0 saturated heterocycles. The van der Waals surface area contributed by atoms with Gasteiger partial charge in [-0.1, -0.05) is 22.0 Å². The highest BCUT2D eigenvalue weighted by Gasteiger charge is 2.06. The smallest absolute Gasteiger partial charge is 0.226 e. The molecule has 146 valence electrons. The van der Waals surface area contributed by atoms with Crippen LogP contribution in [0.5, 0.6) is 0 Å². The minimum absolute atomic E-state index is 0.0610. The summed E-state index contributed by atoms with van der Waals surface area (Å²) in [6.45, 7) is 3.56. The van der Waals surface area contributed by atoms with Crippen molar-refractivity contribution in [2.45, 2.75) is 19.9 Å². The van der Waals surface area contributed by atoms with E-state index in [0.717, 1.165) is 28.2 Å². The van der Waals surface area contributed by atoms with E-state index in [2.05, 4.69) is 47.1 Å². The average molecular weight is 444 g/mol. The summed E-state index contributed by atoms with van der Waals surface area (Å²) in [5.74, 6) is 1.32. The molecule has 8 nitrogen and oxygen atoms in total. The fourth-order valence-corrected chi connectivity index (χ4v) is 2.81. The Bertz CT molecular complexity index is 952. The summed E-state index contributed by atoms with van der Waals surface area (Å²) in [6, 6.07) is 13.2. The molecular formula is C19H22BrN7O. The number of rotatable bonds is 7. The third-order valence-corrected chi connectivity index (χ3v) is 4.41. The number of carbonyl (C=O) groups excluding carboxylic acids is 1. The number of carbonyl (C=O) groups is 1. The van der Waals surface area contributed by atoms with E-state index in [-0.39, 0.29) is 5.91 Å². The van der Waals surface area contributed by atoms with Crippen LogP contribution in [0.25, 0.3) is 5.65 Å². The first-order valence-electron chi connectivity index (χ1n) is 9.02. The number of aliphatic imine (C=N–C) groups is 1. The molecular weight excluding hydrogens is 422 g/mol. The minimum Gasteiger partial charge on any atom is -0.357 e. The largest absolute Gasteiger partial charge is 0.357 e. The molecule has 2 heterocycles. The summed E-state index contributed by atoms with van der Waals surface area (Å²) in [4.78, 5) is 16.6. The number of nitrogens with one attached hydrogen (secondary N) is 3. The Morgan fingerprint density at radius 2 is 1.96 bits per heavy atom. The summed E-state index contributed by atoms with van der Waals surface area (Å²) >= 11 is 3.37. The Balaban J connectivity index is 1.51. The van der Waals surface area contributed by atoms with Crippen LogP contribution in [0.4, 0.5) is 5.69 Å². The van der Waals surface area contributed by atoms with Crippen LogP contribution in [-0.2, 0) is 11.3 Å². The van der Waals surface area contributed by atoms with Gasteiger partial charge < -0.3 is 16.0 Å². The van der Waals surface area contributed by atoms with Crippen molar-refractivity contribution in [1.82, 2.24) is 25.2 Å². The molecule has 0 aliphatic carbocycles. The Morgan fingerprint density at radius 1 is 1.14 bits per heavy atom. The average Bonchev–Trinajstić information content (AvgIpc) is 3.11. The van der Waals surface area contributed by atoms with Gasteiger partial charge in [0.1, 0.15) is 6.54 Å². The Morgan fingerprint density at radius 3 is 2.75 bits per heavy atom. The van der Waals surface area contributed by atoms with Crippen molar-refractivity contribution in [2.24, 2.45) is 4.99 Å². The van der Waals surface area contributed by atoms with Crippen molar-refractivity contribution >= 4 is 39.1 Å². The molecule has 9 heteroatoms. The SMILES string of the molecule is CCNC(=NCc1nnc2ccccn12)NCCC(=O)Nc1ccc(Br)cc1. The maximum absolute atomic E-state index is 12.1. The molecule has 0 radical (unpaired) electrons. The van der Waals surface area contributed by atoms with Gasteiger partial charge in [0.25, 0.3) is 0 Å². The van der Waals surface area contributed by atoms with E-state index in [4.69, 9.17) is 0 Å². The lowest BCUT2D eigenvalue weighted by molar-refractivity contribution is -0.116. The molecule has 0 spiro atoms. The van der Waals surface area contributed by atoms with E-state index in [0.29, 0.717) is 25.5 Å². The lowest BCUT2D eigenvalue weighted by atomic mass is 10.3. The number of benzene rings is 1. The van der Waals surface area contributed by atoms with Gasteiger partial charge in [0.2, 0.25) is 5.91 Å². The number of anilines is 1. The van der Waals surface area contributed by atoms with Crippen LogP contribution >= 0.6 is 15.9 Å². The summed E-state index contributed by atoms with van der Waals surface area (Å²) in [5, 5.41) is 17.5. The number of fused-ring (bicyclic) bond motifs is 1. The molecule has 2 aromatic heterocycles. The molecule has 0 fully saturated rings. The number of aromatic nitrogens is 3. The number of hydrogen-bond acceptors (Lipinski definition) is 4. The zero-order valence-corrected chi connectivity index (χ0v) is 17.1. The quantitative estimate of drug-likeness (QED) is 0.385. The van der Waals surface area contributed by atoms with Crippen LogP contribution < -0.4 is 16.0 Å². The number of amides is 1. The predicted molar refractivity (Wildman–Crippen MR) is 113 cm³/mol. The first-order valence-corrected chi connectivity index (χ1v) is 9.81. The second kappa shape index (κ2) is 9.84. The molecule has 28 heavy (non-hydrogen) atoms. The second-order valence-corrected chi connectivity index (χ2v) is 6.89. The van der Waals surface area contributed by atoms with Gasteiger partial charge in [0, 0.05) is 35.9 Å². The summed E-state index contributed by atoms with van der Waals surface area (Å²) < 4.78 is 2.87. The fraction of sp³-hybridized carbons (Fsp3) is 0.263. The lowest BCUT2D eigenvalue weighted by Gasteiger charge is -2.11. The Kier molecular flexibility index (Phi) is 6.96. The normalized spacial score (nSPS) is 11.4. The molecule has 0 bridgehead atoms. The van der Waals surface area contributed by atoms with Gasteiger partial charge in [-0.15, -0.1) is 10.2 Å². The van der Waals surface area contributed by atoms with E-state index >= 15 is 0 Å². The standard InChI is InChI=1S/C19H22BrN7O/c1-2-21-19(23-13-17-26-25-16-5-3-4-12-27(16)17)22-11-10-18(28)24-15-8-6-14(20)7-9-15/h3-9,12H,2,10-11,13H2,1H3,(H,24,28)(H2,21,22,23). The van der Waals surface area contributed by atoms with Crippen molar-refractivity contribution in [3.05, 3.63) is 59.0 Å². The highest BCUT2D eigenvalue weighted by molar-refractivity contribution is 9.10. The molecule has 0 atom stereocenters. The minimum atomic E-state index is -0.0610. The van der Waals surface area contributed by atoms with E-state index in [1.807, 2.05) is 60.0 Å². The van der Waals surface area contributed by atoms with Crippen LogP contribution in [0.2, 0.25) is 0 Å². The molecule has 3 rings (SSSR count). The maximum Gasteiger partial charge on any atom is 0.226 e. The predicted octanol–water partition coefficient (Wildman–Crippen LogP) is 2.58. The van der Waals surface area contributed by atoms with Gasteiger partial charge in [-0.3, -0.25) is 9.20 Å². The molecule has 1 aromatic carbocycles. The number of guanidine groups is 1. The van der Waals surface area contributed by atoms with E-state index in [9.17, 15) is 4.79 Å². The molecule has 1 amide bonds. The van der Waals surface area contributed by atoms with Gasteiger partial charge in [-0.25, -0.2) is 4.99 Å². The van der Waals surface area contributed by atoms with Crippen molar-refractivity contribution in [3.8, 4) is 0 Å². The topological polar surface area (TPSA) is 95.7 Å². The van der Waals surface area contributed by atoms with Crippen molar-refractivity contribution < 1.29 is 4.79 Å². The summed E-state index contributed by atoms with van der Waals surface area (Å²) in [5.41, 5.74) is 1.56. The fourth-order valence-electron chi connectivity index (χ4n) is 2.54. The highest BCUT2D eigenvalue weighted by Crippen LogP contribution is 2.14. The van der Waals surface area contributed by atoms with Crippen molar-refractivity contribution in [2.75, 3.05) is 18.4 Å². The number of halogens is 1. The first-order chi connectivity index (χ1) is 13.7. The van der Waals surface area contributed by atoms with Crippen LogP contribution in [0.15, 0.2) is 58.1 Å². The second-order valence-electron chi connectivity index (χ2n) is 5.97. The molecule has 0 aliphatic heterocycles. The molecule has 3 N–H and O–H groups in total. The van der Waals surface area contributed by atoms with Crippen LogP contribution in [0.3, 0.4) is 0 Å². The number of nitrogens with zero attached hydrogens (tertiary/aromatic N) is 4. The van der Waals surface area contributed by atoms with Crippen molar-refractivity contribution in [3.63, 3.8) is 0 Å². The highest BCUT2D eigenvalue weighted by atomic mass is 79.9. The van der Waals surface area contributed by atoms with Gasteiger partial charge in [0.15, 0.2) is 17.4 Å². The Hall–Kier alpha value is -2.94. The third-order valence-electron chi connectivity index (χ3n) is 3.88. The van der Waals surface area contributed by atoms with Crippen molar-refractivity contribution in [1.29, 1.82) is 0 Å². The maximum atomic E-state index is 12.1. The summed E-state index contributed by atoms with van der Waals surface area (Å²) in [7, 11) is 0. The van der Waals surface area contributed by atoms with Crippen LogP contribution in [0.1, 0.15) is 19.2 Å². The molecule has 0 unspecified atom stereocenters. The zero-order chi connectivity index (χ0) is 19.8. The molecule has 3 aromatic rings. The lowest BCUT2D eigenvalue weighted by Crippen LogP contribution is -2.38. The van der Waals surface area contributed by atoms with E-state index in [1.54, 1.807) is 0 Å². The zero-order valence-electron chi connectivity index (χ0n) is 15.5. The van der Waals surface area contributed by atoms with Crippen LogP contribution in [0, 0.1) is 0 Å². The van der Waals surface area contributed by atoms with E-state index in [1.165, 1.54) is 0 Å². The summed E-state index contributed by atoms with van der Waals surface area (Å²) in [6.07, 6.45) is 2.24. The number of hydrogen-bond donors (Lipinski definition) is 3. The monoisotopic (exact) mass is 443 g/mol. The van der Waals surface area contributed by atoms with Gasteiger partial charge in [-0.05, 0) is 43.3 Å². The molecule has 0 saturated carbocycles. The first kappa shape index (κ1) is 19.8. The van der Waals surface area contributed by atoms with Gasteiger partial charge in [0.05, 0.1) is 0 Å². The number of pyridine rings is 1. The van der Waals surface area contributed by atoms with Gasteiger partial charge in [-0.2, -0.15) is 0 Å². The van der Waals surface area contributed by atoms with Gasteiger partial charge >= 0.3 is 0 Å². The van der Waals surface area contributed by atoms with E-state index < -0.39 is 0 Å².